The number of aryl methyl sites for hydroxylation is 1. The molecular weight excluding hydrogens is 773 g/mol. The molecule has 3 heterocycles. The summed E-state index contributed by atoms with van der Waals surface area (Å²) in [4.78, 5) is 48.2. The van der Waals surface area contributed by atoms with E-state index in [4.69, 9.17) is 28.2 Å². The zero-order chi connectivity index (χ0) is 40.4. The smallest absolute Gasteiger partial charge is 0.470 e. The number of hydrogen-bond donors (Lipinski definition) is 1. The topological polar surface area (TPSA) is 186 Å². The first-order valence-electron chi connectivity index (χ1n) is 18.2. The van der Waals surface area contributed by atoms with Gasteiger partial charge < -0.3 is 38.4 Å². The minimum atomic E-state index is -3.39. The molecule has 2 amide bonds. The molecule has 15 nitrogen and oxygen atoms in total. The molecule has 0 aliphatic carbocycles. The summed E-state index contributed by atoms with van der Waals surface area (Å²) in [6.45, 7) is 15.2. The van der Waals surface area contributed by atoms with Gasteiger partial charge in [0.05, 0.1) is 33.9 Å². The normalized spacial score (nSPS) is 18.2. The summed E-state index contributed by atoms with van der Waals surface area (Å²) in [5.74, 6) is -1.65. The highest BCUT2D eigenvalue weighted by Gasteiger charge is 2.45. The molecule has 1 aromatic carbocycles. The van der Waals surface area contributed by atoms with Crippen LogP contribution in [0.5, 0.6) is 5.88 Å². The van der Waals surface area contributed by atoms with Crippen LogP contribution in [0.3, 0.4) is 0 Å². The molecule has 1 N–H and O–H groups in total. The van der Waals surface area contributed by atoms with Crippen molar-refractivity contribution >= 4 is 49.0 Å². The monoisotopic (exact) mass is 824 g/mol. The third kappa shape index (κ3) is 12.4. The Bertz CT molecular complexity index is 1830. The molecule has 1 fully saturated rings. The Labute approximate surface area is 330 Å². The lowest BCUT2D eigenvalue weighted by atomic mass is 9.91. The van der Waals surface area contributed by atoms with Crippen molar-refractivity contribution < 1.29 is 51.0 Å². The highest BCUT2D eigenvalue weighted by atomic mass is 33.1. The predicted octanol–water partition coefficient (Wildman–Crippen LogP) is 6.09. The van der Waals surface area contributed by atoms with Crippen LogP contribution in [0.4, 0.5) is 4.79 Å². The molecule has 0 bridgehead atoms. The number of nitrogens with zero attached hydrogens (tertiary/aromatic N) is 3. The van der Waals surface area contributed by atoms with Crippen LogP contribution in [-0.4, -0.2) is 104 Å². The number of amides is 2. The summed E-state index contributed by atoms with van der Waals surface area (Å²) in [6.07, 6.45) is -2.28. The van der Waals surface area contributed by atoms with Gasteiger partial charge in [-0.1, -0.05) is 38.1 Å². The lowest BCUT2D eigenvalue weighted by Gasteiger charge is -2.29. The third-order valence-corrected chi connectivity index (χ3v) is 13.0. The van der Waals surface area contributed by atoms with Gasteiger partial charge in [0.1, 0.15) is 30.8 Å². The van der Waals surface area contributed by atoms with Gasteiger partial charge in [-0.25, -0.2) is 18.2 Å². The minimum absolute atomic E-state index is 0.00314. The molecule has 0 radical (unpaired) electrons. The number of benzene rings is 1. The quantitative estimate of drug-likeness (QED) is 0.0831. The maximum Gasteiger partial charge on any atom is 0.508 e. The molecule has 0 spiro atoms. The van der Waals surface area contributed by atoms with Gasteiger partial charge in [-0.3, -0.25) is 9.59 Å². The lowest BCUT2D eigenvalue weighted by Crippen LogP contribution is -2.48. The Balaban J connectivity index is 1.53. The van der Waals surface area contributed by atoms with Gasteiger partial charge in [0.15, 0.2) is 20.9 Å². The zero-order valence-corrected chi connectivity index (χ0v) is 35.1. The number of rotatable bonds is 19. The van der Waals surface area contributed by atoms with Crippen molar-refractivity contribution in [1.82, 2.24) is 20.4 Å². The molecule has 4 rings (SSSR count). The van der Waals surface area contributed by atoms with Gasteiger partial charge >= 0.3 is 6.16 Å². The summed E-state index contributed by atoms with van der Waals surface area (Å²) in [5.41, 5.74) is 4.61. The summed E-state index contributed by atoms with van der Waals surface area (Å²) in [7, 11) is -2.72. The molecule has 3 aromatic rings. The van der Waals surface area contributed by atoms with E-state index >= 15 is 0 Å². The van der Waals surface area contributed by atoms with Crippen molar-refractivity contribution in [3.05, 3.63) is 52.9 Å². The number of ether oxygens (including phenoxy) is 5. The number of carbonyl (C=O) groups excluding carboxylic acids is 3. The average Bonchev–Trinajstić information content (AvgIpc) is 3.87. The van der Waals surface area contributed by atoms with Gasteiger partial charge in [-0.05, 0) is 74.5 Å². The first kappa shape index (κ1) is 44.0. The first-order valence-corrected chi connectivity index (χ1v) is 22.4. The largest absolute Gasteiger partial charge is 0.508 e. The number of nitrogens with one attached hydrogen (secondary N) is 1. The van der Waals surface area contributed by atoms with Crippen LogP contribution in [0, 0.1) is 12.8 Å². The van der Waals surface area contributed by atoms with Gasteiger partial charge in [-0.2, -0.15) is 0 Å². The van der Waals surface area contributed by atoms with Crippen LogP contribution in [0.1, 0.15) is 83.9 Å². The Morgan fingerprint density at radius 3 is 2.33 bits per heavy atom. The number of thiazole rings is 1. The van der Waals surface area contributed by atoms with E-state index in [-0.39, 0.29) is 37.1 Å². The van der Waals surface area contributed by atoms with Crippen LogP contribution in [0.2, 0.25) is 0 Å². The first-order chi connectivity index (χ1) is 26.0. The molecule has 55 heavy (non-hydrogen) atoms. The van der Waals surface area contributed by atoms with Crippen LogP contribution in [0.25, 0.3) is 10.4 Å². The van der Waals surface area contributed by atoms with E-state index in [0.29, 0.717) is 24.0 Å². The average molecular weight is 825 g/mol. The maximum atomic E-state index is 14.5. The fraction of sp³-hybridized carbons (Fsp3) is 0.595. The lowest BCUT2D eigenvalue weighted by molar-refractivity contribution is -0.153. The predicted molar refractivity (Wildman–Crippen MR) is 208 cm³/mol. The van der Waals surface area contributed by atoms with E-state index < -0.39 is 68.6 Å². The third-order valence-electron chi connectivity index (χ3n) is 8.98. The molecule has 304 valence electrons. The van der Waals surface area contributed by atoms with Crippen molar-refractivity contribution in [2.45, 2.75) is 104 Å². The molecule has 2 aromatic heterocycles. The van der Waals surface area contributed by atoms with Crippen LogP contribution < -0.4 is 10.1 Å². The Morgan fingerprint density at radius 2 is 1.75 bits per heavy atom. The maximum absolute atomic E-state index is 14.5. The van der Waals surface area contributed by atoms with Crippen LogP contribution >= 0.6 is 22.1 Å². The number of carbonyl (C=O) groups is 3. The molecule has 1 saturated heterocycles. The van der Waals surface area contributed by atoms with Crippen molar-refractivity contribution in [3.63, 3.8) is 0 Å². The van der Waals surface area contributed by atoms with Crippen molar-refractivity contribution in [2.24, 2.45) is 5.92 Å². The Hall–Kier alpha value is -3.71. The number of hydrogen-bond acceptors (Lipinski definition) is 15. The van der Waals surface area contributed by atoms with Crippen molar-refractivity contribution in [1.29, 1.82) is 0 Å². The molecule has 4 unspecified atom stereocenters. The van der Waals surface area contributed by atoms with E-state index in [2.05, 4.69) is 15.5 Å². The fourth-order valence-electron chi connectivity index (χ4n) is 6.11. The SMILES string of the molecule is CCOC(COc1cc(C(C(=O)N2C[C@H](OC(=O)OC(C)C(C)SS(C)(=O)=O)C[C@H]2C(=O)NC(C)c2ccc(-c3scnc3C)cc2)C(C)C)on1)OCC. The van der Waals surface area contributed by atoms with E-state index in [1.165, 1.54) is 11.0 Å². The van der Waals surface area contributed by atoms with E-state index in [1.807, 2.05) is 65.8 Å². The second kappa shape index (κ2) is 19.9. The Kier molecular flexibility index (Phi) is 16.0. The molecular formula is C37H52N4O11S3. The van der Waals surface area contributed by atoms with E-state index in [1.54, 1.807) is 30.7 Å². The second-order valence-corrected chi connectivity index (χ2v) is 19.2. The fourth-order valence-corrected chi connectivity index (χ4v) is 9.80. The van der Waals surface area contributed by atoms with Crippen molar-refractivity contribution in [3.8, 4) is 16.3 Å². The van der Waals surface area contributed by atoms with Gasteiger partial charge in [0.2, 0.25) is 11.8 Å². The van der Waals surface area contributed by atoms with Gasteiger partial charge in [0.25, 0.3) is 5.88 Å². The Morgan fingerprint density at radius 1 is 1.07 bits per heavy atom. The molecule has 18 heteroatoms. The summed E-state index contributed by atoms with van der Waals surface area (Å²) < 4.78 is 57.0. The molecule has 0 saturated carbocycles. The zero-order valence-electron chi connectivity index (χ0n) is 32.7. The molecule has 1 aliphatic heterocycles. The van der Waals surface area contributed by atoms with E-state index in [0.717, 1.165) is 28.0 Å². The van der Waals surface area contributed by atoms with Crippen LogP contribution in [-0.2, 0) is 37.4 Å². The number of likely N-dealkylation sites (tertiary alicyclic amines) is 1. The van der Waals surface area contributed by atoms with Gasteiger partial charge in [0, 0.05) is 32.0 Å². The van der Waals surface area contributed by atoms with Gasteiger partial charge in [-0.15, -0.1) is 11.3 Å². The highest BCUT2D eigenvalue weighted by molar-refractivity contribution is 8.72. The summed E-state index contributed by atoms with van der Waals surface area (Å²) in [6, 6.07) is 7.93. The highest BCUT2D eigenvalue weighted by Crippen LogP contribution is 2.34. The summed E-state index contributed by atoms with van der Waals surface area (Å²) in [5, 5.41) is 6.47. The van der Waals surface area contributed by atoms with Crippen molar-refractivity contribution in [2.75, 3.05) is 32.6 Å². The van der Waals surface area contributed by atoms with E-state index in [9.17, 15) is 22.8 Å². The standard InChI is InChI=1S/C37H52N4O11S3/c1-10-47-32(48-11-2)19-49-31-17-30(52-40-31)33(21(3)4)36(43)41-18-28(51-37(44)50-24(7)25(8)54-55(9,45)46)16-29(41)35(42)39-22(5)26-12-14-27(15-13-26)34-23(6)38-20-53-34/h12-15,17,20-22,24-25,28-29,32-33H,10-11,16,18-19H2,1-9H3,(H,39,42)/t22?,24?,25?,28-,29+,33?/m1/s1. The molecule has 6 atom stereocenters. The minimum Gasteiger partial charge on any atom is -0.470 e. The second-order valence-electron chi connectivity index (χ2n) is 13.6. The van der Waals surface area contributed by atoms with Crippen LogP contribution in [0.15, 0.2) is 40.4 Å². The summed E-state index contributed by atoms with van der Waals surface area (Å²) >= 11 is 1.55. The molecule has 1 aliphatic rings. The number of aromatic nitrogens is 2.